The highest BCUT2D eigenvalue weighted by atomic mass is 35.5. The van der Waals surface area contributed by atoms with E-state index in [9.17, 15) is 19.2 Å². The van der Waals surface area contributed by atoms with E-state index < -0.39 is 41.6 Å². The largest absolute Gasteiger partial charge is 0.459 e. The van der Waals surface area contributed by atoms with E-state index in [2.05, 4.69) is 4.98 Å². The summed E-state index contributed by atoms with van der Waals surface area (Å²) in [6, 6.07) is 12.2. The Balaban J connectivity index is 1.56. The van der Waals surface area contributed by atoms with Crippen molar-refractivity contribution >= 4 is 35.1 Å². The van der Waals surface area contributed by atoms with Gasteiger partial charge < -0.3 is 19.2 Å². The van der Waals surface area contributed by atoms with Crippen molar-refractivity contribution in [1.82, 2.24) is 9.55 Å². The van der Waals surface area contributed by atoms with Crippen molar-refractivity contribution in [2.45, 2.75) is 38.2 Å². The molecule has 1 saturated heterocycles. The van der Waals surface area contributed by atoms with Crippen LogP contribution in [0.5, 0.6) is 0 Å². The lowest BCUT2D eigenvalue weighted by molar-refractivity contribution is -0.0590. The molecule has 4 rings (SSSR count). The molecule has 36 heavy (non-hydrogen) atoms. The smallest absolute Gasteiger partial charge is 0.338 e. The number of nitrogens with one attached hydrogen (secondary N) is 1. The average Bonchev–Trinajstić information content (AvgIpc) is 3.25. The number of esters is 2. The summed E-state index contributed by atoms with van der Waals surface area (Å²) in [5.41, 5.74) is -0.253. The molecule has 0 unspecified atom stereocenters. The van der Waals surface area contributed by atoms with Crippen molar-refractivity contribution in [3.05, 3.63) is 102 Å². The Bertz CT molecular complexity index is 1370. The second-order valence-corrected chi connectivity index (χ2v) is 8.94. The summed E-state index contributed by atoms with van der Waals surface area (Å²) in [4.78, 5) is 53.1. The maximum absolute atomic E-state index is 12.8. The lowest BCUT2D eigenvalue weighted by atomic mass is 10.1. The third-order valence-electron chi connectivity index (χ3n) is 5.73. The van der Waals surface area contributed by atoms with Gasteiger partial charge in [0, 0.05) is 28.2 Å². The maximum atomic E-state index is 12.8. The Hall–Kier alpha value is -3.40. The predicted molar refractivity (Wildman–Crippen MR) is 132 cm³/mol. The van der Waals surface area contributed by atoms with Crippen molar-refractivity contribution in [3.63, 3.8) is 0 Å². The molecule has 0 radical (unpaired) electrons. The number of carbonyl (C=O) groups excluding carboxylic acids is 2. The van der Waals surface area contributed by atoms with Crippen molar-refractivity contribution in [2.24, 2.45) is 0 Å². The third kappa shape index (κ3) is 5.70. The number of carbonyl (C=O) groups is 2. The van der Waals surface area contributed by atoms with Gasteiger partial charge in [-0.25, -0.2) is 19.0 Å². The SMILES string of the molecule is CCc1c[nH]c(=O)n([C@H]2C[C@@H](OC(=O)c3ccc(Cl)cc3)[C@@H](COC(=O)c3ccc(Cl)cc3)O2)c1=O. The number of rotatable bonds is 7. The molecule has 1 aromatic heterocycles. The molecule has 9 nitrogen and oxygen atoms in total. The lowest BCUT2D eigenvalue weighted by Crippen LogP contribution is -2.39. The van der Waals surface area contributed by atoms with E-state index in [-0.39, 0.29) is 24.2 Å². The second-order valence-electron chi connectivity index (χ2n) is 8.07. The van der Waals surface area contributed by atoms with Crippen LogP contribution in [0.15, 0.2) is 64.3 Å². The predicted octanol–water partition coefficient (Wildman–Crippen LogP) is 3.78. The van der Waals surface area contributed by atoms with Crippen LogP contribution in [0.4, 0.5) is 0 Å². The molecule has 1 N–H and O–H groups in total. The highest BCUT2D eigenvalue weighted by Gasteiger charge is 2.41. The number of aromatic amines is 1. The first kappa shape index (κ1) is 25.7. The Morgan fingerprint density at radius 2 is 1.58 bits per heavy atom. The molecule has 3 aromatic rings. The molecule has 1 fully saturated rings. The number of hydrogen-bond acceptors (Lipinski definition) is 7. The average molecular weight is 533 g/mol. The lowest BCUT2D eigenvalue weighted by Gasteiger charge is -2.19. The number of aromatic nitrogens is 2. The quantitative estimate of drug-likeness (QED) is 0.460. The van der Waals surface area contributed by atoms with Crippen molar-refractivity contribution in [2.75, 3.05) is 6.61 Å². The van der Waals surface area contributed by atoms with Gasteiger partial charge in [0.2, 0.25) is 0 Å². The molecule has 2 aromatic carbocycles. The van der Waals surface area contributed by atoms with Crippen molar-refractivity contribution in [1.29, 1.82) is 0 Å². The Kier molecular flexibility index (Phi) is 7.93. The molecule has 1 aliphatic rings. The summed E-state index contributed by atoms with van der Waals surface area (Å²) < 4.78 is 17.9. The molecule has 188 valence electrons. The van der Waals surface area contributed by atoms with Crippen LogP contribution in [0, 0.1) is 0 Å². The summed E-state index contributed by atoms with van der Waals surface area (Å²) in [7, 11) is 0. The molecule has 0 saturated carbocycles. The molecular formula is C25H22Cl2N2O7. The fourth-order valence-corrected chi connectivity index (χ4v) is 4.04. The number of H-pyrrole nitrogens is 1. The number of ether oxygens (including phenoxy) is 3. The first-order chi connectivity index (χ1) is 17.3. The minimum absolute atomic E-state index is 0.00134. The van der Waals surface area contributed by atoms with E-state index in [1.165, 1.54) is 30.5 Å². The van der Waals surface area contributed by atoms with Crippen LogP contribution >= 0.6 is 23.2 Å². The molecule has 0 bridgehead atoms. The van der Waals surface area contributed by atoms with E-state index in [0.717, 1.165) is 4.57 Å². The number of aryl methyl sites for hydroxylation is 1. The Morgan fingerprint density at radius 3 is 2.17 bits per heavy atom. The van der Waals surface area contributed by atoms with E-state index in [1.54, 1.807) is 31.2 Å². The zero-order valence-corrected chi connectivity index (χ0v) is 20.6. The normalized spacial score (nSPS) is 19.1. The Morgan fingerprint density at radius 1 is 1.00 bits per heavy atom. The topological polar surface area (TPSA) is 117 Å². The van der Waals surface area contributed by atoms with E-state index in [4.69, 9.17) is 37.4 Å². The van der Waals surface area contributed by atoms with Crippen molar-refractivity contribution < 1.29 is 23.8 Å². The summed E-state index contributed by atoms with van der Waals surface area (Å²) in [6.07, 6.45) is -1.11. The molecule has 1 aliphatic heterocycles. The van der Waals surface area contributed by atoms with Gasteiger partial charge in [0.1, 0.15) is 25.0 Å². The van der Waals surface area contributed by atoms with E-state index >= 15 is 0 Å². The maximum Gasteiger partial charge on any atom is 0.338 e. The van der Waals surface area contributed by atoms with Gasteiger partial charge in [0.05, 0.1) is 11.1 Å². The standard InChI is InChI=1S/C25H22Cl2N2O7/c1-2-14-12-28-25(33)29(22(14)30)21-11-19(36-24(32)16-5-9-18(27)10-6-16)20(35-21)13-34-23(31)15-3-7-17(26)8-4-15/h3-10,12,19-21H,2,11,13H2,1H3,(H,28,33)/t19-,20-,21-/m1/s1. The number of benzene rings is 2. The van der Waals surface area contributed by atoms with Crippen LogP contribution in [-0.2, 0) is 20.6 Å². The molecule has 0 amide bonds. The fraction of sp³-hybridized carbons (Fsp3) is 0.280. The molecule has 3 atom stereocenters. The first-order valence-corrected chi connectivity index (χ1v) is 11.9. The minimum Gasteiger partial charge on any atom is -0.459 e. The number of nitrogens with zero attached hydrogens (tertiary/aromatic N) is 1. The molecule has 0 spiro atoms. The van der Waals surface area contributed by atoms with Crippen LogP contribution in [0.25, 0.3) is 0 Å². The van der Waals surface area contributed by atoms with Crippen LogP contribution in [0.2, 0.25) is 10.0 Å². The Labute approximate surface area is 215 Å². The number of halogens is 2. The van der Waals surface area contributed by atoms with Gasteiger partial charge in [-0.05, 0) is 55.0 Å². The second kappa shape index (κ2) is 11.1. The summed E-state index contributed by atoms with van der Waals surface area (Å²) in [6.45, 7) is 1.50. The van der Waals surface area contributed by atoms with Gasteiger partial charge in [-0.2, -0.15) is 0 Å². The molecule has 2 heterocycles. The summed E-state index contributed by atoms with van der Waals surface area (Å²) in [5.74, 6) is -1.29. The van der Waals surface area contributed by atoms with Crippen LogP contribution < -0.4 is 11.2 Å². The zero-order chi connectivity index (χ0) is 25.8. The molecular weight excluding hydrogens is 511 g/mol. The van der Waals surface area contributed by atoms with Gasteiger partial charge in [-0.3, -0.25) is 4.79 Å². The third-order valence-corrected chi connectivity index (χ3v) is 6.23. The van der Waals surface area contributed by atoms with E-state index in [0.29, 0.717) is 22.0 Å². The zero-order valence-electron chi connectivity index (χ0n) is 19.1. The van der Waals surface area contributed by atoms with Gasteiger partial charge in [-0.1, -0.05) is 30.1 Å². The monoisotopic (exact) mass is 532 g/mol. The van der Waals surface area contributed by atoms with Crippen LogP contribution in [0.1, 0.15) is 45.9 Å². The molecule has 0 aliphatic carbocycles. The van der Waals surface area contributed by atoms with Gasteiger partial charge in [0.25, 0.3) is 5.56 Å². The molecule has 11 heteroatoms. The van der Waals surface area contributed by atoms with Crippen LogP contribution in [-0.4, -0.2) is 40.3 Å². The fourth-order valence-electron chi connectivity index (χ4n) is 3.79. The highest BCUT2D eigenvalue weighted by Crippen LogP contribution is 2.30. The minimum atomic E-state index is -1.03. The van der Waals surface area contributed by atoms with Gasteiger partial charge in [-0.15, -0.1) is 0 Å². The van der Waals surface area contributed by atoms with Crippen LogP contribution in [0.3, 0.4) is 0 Å². The summed E-state index contributed by atoms with van der Waals surface area (Å²) >= 11 is 11.7. The summed E-state index contributed by atoms with van der Waals surface area (Å²) in [5, 5.41) is 0.921. The first-order valence-electron chi connectivity index (χ1n) is 11.1. The van der Waals surface area contributed by atoms with Gasteiger partial charge in [0.15, 0.2) is 0 Å². The number of hydrogen-bond donors (Lipinski definition) is 1. The highest BCUT2D eigenvalue weighted by molar-refractivity contribution is 6.31. The van der Waals surface area contributed by atoms with Crippen molar-refractivity contribution in [3.8, 4) is 0 Å². The van der Waals surface area contributed by atoms with E-state index in [1.807, 2.05) is 0 Å². The van der Waals surface area contributed by atoms with Gasteiger partial charge >= 0.3 is 17.6 Å².